The number of benzene rings is 1. The van der Waals surface area contributed by atoms with Crippen molar-refractivity contribution in [1.29, 1.82) is 5.26 Å². The van der Waals surface area contributed by atoms with Crippen LogP contribution >= 0.6 is 0 Å². The van der Waals surface area contributed by atoms with Crippen LogP contribution in [-0.4, -0.2) is 10.9 Å². The SMILES string of the molecule is N#CC(=NO)c1ccc(F)cc1F. The van der Waals surface area contributed by atoms with Gasteiger partial charge in [-0.2, -0.15) is 5.26 Å². The van der Waals surface area contributed by atoms with Gasteiger partial charge in [0.05, 0.1) is 5.56 Å². The summed E-state index contributed by atoms with van der Waals surface area (Å²) in [5.41, 5.74) is -0.719. The highest BCUT2D eigenvalue weighted by molar-refractivity contribution is 6.11. The Morgan fingerprint density at radius 3 is 2.62 bits per heavy atom. The van der Waals surface area contributed by atoms with Crippen molar-refractivity contribution in [1.82, 2.24) is 0 Å². The van der Waals surface area contributed by atoms with Gasteiger partial charge in [0, 0.05) is 6.07 Å². The minimum absolute atomic E-state index is 0.230. The van der Waals surface area contributed by atoms with E-state index in [-0.39, 0.29) is 5.56 Å². The van der Waals surface area contributed by atoms with Crippen molar-refractivity contribution in [3.63, 3.8) is 0 Å². The smallest absolute Gasteiger partial charge is 0.189 e. The van der Waals surface area contributed by atoms with Crippen LogP contribution in [-0.2, 0) is 0 Å². The Kier molecular flexibility index (Phi) is 2.55. The highest BCUT2D eigenvalue weighted by Crippen LogP contribution is 2.10. The van der Waals surface area contributed by atoms with E-state index in [1.165, 1.54) is 6.07 Å². The standard InChI is InChI=1S/C8H4F2N2O/c9-5-1-2-6(7(10)3-5)8(4-11)12-13/h1-3,13H. The molecule has 0 aliphatic heterocycles. The molecule has 1 N–H and O–H groups in total. The van der Waals surface area contributed by atoms with E-state index in [1.54, 1.807) is 0 Å². The molecule has 66 valence electrons. The van der Waals surface area contributed by atoms with E-state index in [0.717, 1.165) is 12.1 Å². The van der Waals surface area contributed by atoms with E-state index in [4.69, 9.17) is 10.5 Å². The number of nitriles is 1. The normalized spacial score (nSPS) is 11.0. The molecule has 1 aromatic rings. The molecule has 0 saturated heterocycles. The summed E-state index contributed by atoms with van der Waals surface area (Å²) in [5, 5.41) is 19.2. The Morgan fingerprint density at radius 2 is 2.15 bits per heavy atom. The minimum Gasteiger partial charge on any atom is -0.410 e. The molecule has 0 spiro atoms. The Labute approximate surface area is 72.5 Å². The summed E-state index contributed by atoms with van der Waals surface area (Å²) in [7, 11) is 0. The number of hydrogen-bond donors (Lipinski definition) is 1. The van der Waals surface area contributed by atoms with Gasteiger partial charge in [0.1, 0.15) is 17.7 Å². The van der Waals surface area contributed by atoms with Gasteiger partial charge in [-0.25, -0.2) is 8.78 Å². The van der Waals surface area contributed by atoms with Gasteiger partial charge in [0.2, 0.25) is 0 Å². The molecule has 3 nitrogen and oxygen atoms in total. The van der Waals surface area contributed by atoms with Crippen LogP contribution in [0.5, 0.6) is 0 Å². The molecule has 0 saturated carbocycles. The molecule has 13 heavy (non-hydrogen) atoms. The van der Waals surface area contributed by atoms with E-state index in [1.807, 2.05) is 0 Å². The summed E-state index contributed by atoms with van der Waals surface area (Å²) in [6.45, 7) is 0. The van der Waals surface area contributed by atoms with Crippen molar-refractivity contribution >= 4 is 5.71 Å². The van der Waals surface area contributed by atoms with Crippen LogP contribution in [0.15, 0.2) is 23.4 Å². The zero-order valence-corrected chi connectivity index (χ0v) is 6.33. The van der Waals surface area contributed by atoms with E-state index in [0.29, 0.717) is 6.07 Å². The molecule has 0 atom stereocenters. The Hall–Kier alpha value is -1.96. The topological polar surface area (TPSA) is 56.4 Å². The zero-order chi connectivity index (χ0) is 9.84. The lowest BCUT2D eigenvalue weighted by molar-refractivity contribution is 0.320. The average Bonchev–Trinajstić information content (AvgIpc) is 2.10. The third kappa shape index (κ3) is 1.79. The van der Waals surface area contributed by atoms with Crippen molar-refractivity contribution in [2.75, 3.05) is 0 Å². The predicted molar refractivity (Wildman–Crippen MR) is 40.3 cm³/mol. The van der Waals surface area contributed by atoms with Gasteiger partial charge in [-0.1, -0.05) is 5.16 Å². The summed E-state index contributed by atoms with van der Waals surface area (Å²) in [4.78, 5) is 0. The maximum Gasteiger partial charge on any atom is 0.189 e. The van der Waals surface area contributed by atoms with E-state index in [9.17, 15) is 8.78 Å². The first kappa shape index (κ1) is 9.13. The lowest BCUT2D eigenvalue weighted by atomic mass is 10.1. The van der Waals surface area contributed by atoms with E-state index >= 15 is 0 Å². The molecule has 1 aromatic carbocycles. The Bertz CT molecular complexity index is 396. The van der Waals surface area contributed by atoms with Crippen LogP contribution in [0, 0.1) is 23.0 Å². The lowest BCUT2D eigenvalue weighted by Crippen LogP contribution is -2.01. The van der Waals surface area contributed by atoms with Crippen molar-refractivity contribution in [3.8, 4) is 6.07 Å². The maximum absolute atomic E-state index is 12.9. The summed E-state index contributed by atoms with van der Waals surface area (Å²) in [6.07, 6.45) is 0. The molecule has 0 unspecified atom stereocenters. The first-order chi connectivity index (χ1) is 6.19. The predicted octanol–water partition coefficient (Wildman–Crippen LogP) is 1.67. The second kappa shape index (κ2) is 3.63. The quantitative estimate of drug-likeness (QED) is 0.408. The first-order valence-corrected chi connectivity index (χ1v) is 3.26. The zero-order valence-electron chi connectivity index (χ0n) is 6.33. The third-order valence-corrected chi connectivity index (χ3v) is 1.39. The van der Waals surface area contributed by atoms with Gasteiger partial charge < -0.3 is 5.21 Å². The molecule has 1 rings (SSSR count). The second-order valence-electron chi connectivity index (χ2n) is 2.18. The average molecular weight is 182 g/mol. The van der Waals surface area contributed by atoms with Crippen molar-refractivity contribution in [2.24, 2.45) is 5.16 Å². The summed E-state index contributed by atoms with van der Waals surface area (Å²) in [5.74, 6) is -1.69. The van der Waals surface area contributed by atoms with Crippen LogP contribution in [0.25, 0.3) is 0 Å². The molecule has 5 heteroatoms. The van der Waals surface area contributed by atoms with Gasteiger partial charge in [0.15, 0.2) is 5.71 Å². The fraction of sp³-hybridized carbons (Fsp3) is 0. The van der Waals surface area contributed by atoms with Gasteiger partial charge in [-0.15, -0.1) is 0 Å². The molecular weight excluding hydrogens is 178 g/mol. The molecule has 0 aromatic heterocycles. The largest absolute Gasteiger partial charge is 0.410 e. The molecule has 0 bridgehead atoms. The summed E-state index contributed by atoms with van der Waals surface area (Å²) < 4.78 is 25.3. The maximum atomic E-state index is 12.9. The summed E-state index contributed by atoms with van der Waals surface area (Å²) >= 11 is 0. The number of halogens is 2. The number of nitrogens with zero attached hydrogens (tertiary/aromatic N) is 2. The van der Waals surface area contributed by atoms with Gasteiger partial charge in [-0.3, -0.25) is 0 Å². The summed E-state index contributed by atoms with van der Waals surface area (Å²) in [6, 6.07) is 4.08. The van der Waals surface area contributed by atoms with E-state index in [2.05, 4.69) is 5.16 Å². The third-order valence-electron chi connectivity index (χ3n) is 1.39. The fourth-order valence-electron chi connectivity index (χ4n) is 0.818. The van der Waals surface area contributed by atoms with Gasteiger partial charge in [0.25, 0.3) is 0 Å². The van der Waals surface area contributed by atoms with Crippen LogP contribution in [0.3, 0.4) is 0 Å². The minimum atomic E-state index is -0.936. The van der Waals surface area contributed by atoms with Gasteiger partial charge in [-0.05, 0) is 12.1 Å². The number of oxime groups is 1. The van der Waals surface area contributed by atoms with Crippen molar-refractivity contribution in [3.05, 3.63) is 35.4 Å². The molecule has 0 aliphatic rings. The number of rotatable bonds is 1. The molecular formula is C8H4F2N2O. The molecule has 0 radical (unpaired) electrons. The highest BCUT2D eigenvalue weighted by atomic mass is 19.1. The molecule has 0 heterocycles. The monoisotopic (exact) mass is 182 g/mol. The Morgan fingerprint density at radius 1 is 1.46 bits per heavy atom. The first-order valence-electron chi connectivity index (χ1n) is 3.26. The lowest BCUT2D eigenvalue weighted by Gasteiger charge is -1.97. The molecule has 0 amide bonds. The van der Waals surface area contributed by atoms with Crippen LogP contribution < -0.4 is 0 Å². The Balaban J connectivity index is 3.25. The van der Waals surface area contributed by atoms with E-state index < -0.39 is 17.3 Å². The molecule has 0 fully saturated rings. The second-order valence-corrected chi connectivity index (χ2v) is 2.18. The van der Waals surface area contributed by atoms with Crippen LogP contribution in [0.2, 0.25) is 0 Å². The van der Waals surface area contributed by atoms with Crippen molar-refractivity contribution in [2.45, 2.75) is 0 Å². The fourth-order valence-corrected chi connectivity index (χ4v) is 0.818. The van der Waals surface area contributed by atoms with Gasteiger partial charge >= 0.3 is 0 Å². The van der Waals surface area contributed by atoms with Crippen LogP contribution in [0.1, 0.15) is 5.56 Å². The highest BCUT2D eigenvalue weighted by Gasteiger charge is 2.09. The van der Waals surface area contributed by atoms with Crippen LogP contribution in [0.4, 0.5) is 8.78 Å². The van der Waals surface area contributed by atoms with Crippen molar-refractivity contribution < 1.29 is 14.0 Å². The molecule has 0 aliphatic carbocycles. The number of hydrogen-bond acceptors (Lipinski definition) is 3.